The van der Waals surface area contributed by atoms with Crippen molar-refractivity contribution in [1.82, 2.24) is 10.6 Å². The molecule has 0 aliphatic heterocycles. The van der Waals surface area contributed by atoms with Crippen molar-refractivity contribution in [3.05, 3.63) is 70.4 Å². The van der Waals surface area contributed by atoms with Crippen LogP contribution in [-0.2, 0) is 0 Å². The Morgan fingerprint density at radius 3 is 2.28 bits per heavy atom. The van der Waals surface area contributed by atoms with E-state index in [9.17, 15) is 9.59 Å². The van der Waals surface area contributed by atoms with Crippen LogP contribution in [0.1, 0.15) is 26.5 Å². The first-order chi connectivity index (χ1) is 12.1. The summed E-state index contributed by atoms with van der Waals surface area (Å²) in [6.45, 7) is 2.46. The zero-order valence-corrected chi connectivity index (χ0v) is 14.4. The van der Waals surface area contributed by atoms with E-state index in [1.54, 1.807) is 24.3 Å². The summed E-state index contributed by atoms with van der Waals surface area (Å²) >= 11 is 5.79. The Morgan fingerprint density at radius 2 is 1.60 bits per heavy atom. The number of fused-ring (bicyclic) bond motifs is 1. The molecule has 2 aromatic carbocycles. The number of amides is 2. The fourth-order valence-electron chi connectivity index (χ4n) is 2.53. The van der Waals surface area contributed by atoms with E-state index < -0.39 is 0 Å². The van der Waals surface area contributed by atoms with Crippen molar-refractivity contribution < 1.29 is 14.0 Å². The summed E-state index contributed by atoms with van der Waals surface area (Å²) < 4.78 is 5.61. The molecule has 0 aliphatic carbocycles. The second-order valence-electron chi connectivity index (χ2n) is 5.57. The van der Waals surface area contributed by atoms with Gasteiger partial charge in [0.25, 0.3) is 11.8 Å². The minimum atomic E-state index is -0.297. The molecule has 0 bridgehead atoms. The van der Waals surface area contributed by atoms with E-state index in [0.717, 1.165) is 10.9 Å². The molecule has 3 rings (SSSR count). The fourth-order valence-corrected chi connectivity index (χ4v) is 2.65. The van der Waals surface area contributed by atoms with Gasteiger partial charge in [-0.05, 0) is 37.3 Å². The molecular formula is C19H17ClN2O3. The molecule has 0 radical (unpaired) electrons. The second-order valence-corrected chi connectivity index (χ2v) is 6.01. The molecule has 128 valence electrons. The third-order valence-corrected chi connectivity index (χ3v) is 4.10. The van der Waals surface area contributed by atoms with Crippen LogP contribution in [0.5, 0.6) is 0 Å². The largest absolute Gasteiger partial charge is 0.451 e. The number of carbonyl (C=O) groups excluding carboxylic acids is 2. The van der Waals surface area contributed by atoms with Crippen molar-refractivity contribution >= 4 is 34.4 Å². The van der Waals surface area contributed by atoms with Gasteiger partial charge in [-0.2, -0.15) is 0 Å². The monoisotopic (exact) mass is 356 g/mol. The van der Waals surface area contributed by atoms with Gasteiger partial charge in [0.2, 0.25) is 0 Å². The van der Waals surface area contributed by atoms with Crippen LogP contribution in [-0.4, -0.2) is 24.9 Å². The third kappa shape index (κ3) is 3.83. The van der Waals surface area contributed by atoms with E-state index in [1.807, 2.05) is 31.2 Å². The van der Waals surface area contributed by atoms with Crippen molar-refractivity contribution in [1.29, 1.82) is 0 Å². The smallest absolute Gasteiger partial charge is 0.287 e. The molecule has 0 atom stereocenters. The van der Waals surface area contributed by atoms with Gasteiger partial charge < -0.3 is 15.1 Å². The number of nitrogens with one attached hydrogen (secondary N) is 2. The first-order valence-electron chi connectivity index (χ1n) is 7.86. The molecule has 0 spiro atoms. The minimum Gasteiger partial charge on any atom is -0.451 e. The van der Waals surface area contributed by atoms with Gasteiger partial charge in [0.15, 0.2) is 5.76 Å². The van der Waals surface area contributed by atoms with Gasteiger partial charge in [0.1, 0.15) is 5.58 Å². The SMILES string of the molecule is Cc1c(C(=O)NCCNC(=O)c2ccc(Cl)cc2)oc2ccccc12. The molecule has 2 amide bonds. The summed E-state index contributed by atoms with van der Waals surface area (Å²) in [7, 11) is 0. The lowest BCUT2D eigenvalue weighted by Crippen LogP contribution is -2.34. The van der Waals surface area contributed by atoms with Crippen LogP contribution in [0.2, 0.25) is 5.02 Å². The Bertz CT molecular complexity index is 916. The predicted molar refractivity (Wildman–Crippen MR) is 97.1 cm³/mol. The molecule has 0 saturated carbocycles. The van der Waals surface area contributed by atoms with Gasteiger partial charge in [0, 0.05) is 34.6 Å². The van der Waals surface area contributed by atoms with Gasteiger partial charge >= 0.3 is 0 Å². The highest BCUT2D eigenvalue weighted by atomic mass is 35.5. The van der Waals surface area contributed by atoms with Crippen LogP contribution in [0.15, 0.2) is 52.9 Å². The van der Waals surface area contributed by atoms with Crippen molar-refractivity contribution in [3.63, 3.8) is 0 Å². The summed E-state index contributed by atoms with van der Waals surface area (Å²) in [6.07, 6.45) is 0. The average Bonchev–Trinajstić information content (AvgIpc) is 2.96. The quantitative estimate of drug-likeness (QED) is 0.687. The summed E-state index contributed by atoms with van der Waals surface area (Å²) in [6, 6.07) is 14.1. The zero-order valence-electron chi connectivity index (χ0n) is 13.6. The van der Waals surface area contributed by atoms with E-state index in [0.29, 0.717) is 35.0 Å². The van der Waals surface area contributed by atoms with Crippen molar-refractivity contribution in [3.8, 4) is 0 Å². The molecule has 25 heavy (non-hydrogen) atoms. The first kappa shape index (κ1) is 17.0. The molecule has 6 heteroatoms. The topological polar surface area (TPSA) is 71.3 Å². The van der Waals surface area contributed by atoms with Crippen LogP contribution in [0.3, 0.4) is 0 Å². The number of para-hydroxylation sites is 1. The van der Waals surface area contributed by atoms with Gasteiger partial charge in [-0.15, -0.1) is 0 Å². The summed E-state index contributed by atoms with van der Waals surface area (Å²) in [4.78, 5) is 24.2. The highest BCUT2D eigenvalue weighted by Crippen LogP contribution is 2.24. The summed E-state index contributed by atoms with van der Waals surface area (Å²) in [5.41, 5.74) is 2.00. The molecule has 0 aliphatic rings. The lowest BCUT2D eigenvalue weighted by molar-refractivity contribution is 0.0911. The van der Waals surface area contributed by atoms with Gasteiger partial charge in [-0.3, -0.25) is 9.59 Å². The minimum absolute atomic E-state index is 0.217. The van der Waals surface area contributed by atoms with Crippen molar-refractivity contribution in [2.75, 3.05) is 13.1 Å². The highest BCUT2D eigenvalue weighted by molar-refractivity contribution is 6.30. The molecule has 3 aromatic rings. The van der Waals surface area contributed by atoms with Gasteiger partial charge in [0.05, 0.1) is 0 Å². The summed E-state index contributed by atoms with van der Waals surface area (Å²) in [5, 5.41) is 6.98. The van der Waals surface area contributed by atoms with Crippen LogP contribution in [0.4, 0.5) is 0 Å². The molecule has 1 heterocycles. The normalized spacial score (nSPS) is 10.6. The number of hydrogen-bond acceptors (Lipinski definition) is 3. The number of furan rings is 1. The van der Waals surface area contributed by atoms with Crippen molar-refractivity contribution in [2.45, 2.75) is 6.92 Å². The molecule has 0 fully saturated rings. The van der Waals surface area contributed by atoms with Crippen LogP contribution in [0, 0.1) is 6.92 Å². The van der Waals surface area contributed by atoms with E-state index >= 15 is 0 Å². The Kier molecular flexibility index (Phi) is 5.05. The predicted octanol–water partition coefficient (Wildman–Crippen LogP) is 3.55. The van der Waals surface area contributed by atoms with E-state index in [-0.39, 0.29) is 11.8 Å². The number of aryl methyl sites for hydroxylation is 1. The van der Waals surface area contributed by atoms with Crippen molar-refractivity contribution in [2.24, 2.45) is 0 Å². The number of hydrogen-bond donors (Lipinski definition) is 2. The van der Waals surface area contributed by atoms with E-state index in [1.165, 1.54) is 0 Å². The van der Waals surface area contributed by atoms with Gasteiger partial charge in [-0.1, -0.05) is 29.8 Å². The second kappa shape index (κ2) is 7.40. The highest BCUT2D eigenvalue weighted by Gasteiger charge is 2.16. The third-order valence-electron chi connectivity index (χ3n) is 3.85. The maximum atomic E-state index is 12.3. The number of rotatable bonds is 5. The van der Waals surface area contributed by atoms with Crippen LogP contribution < -0.4 is 10.6 Å². The van der Waals surface area contributed by atoms with E-state index in [4.69, 9.17) is 16.0 Å². The Hall–Kier alpha value is -2.79. The number of benzene rings is 2. The molecular weight excluding hydrogens is 340 g/mol. The zero-order chi connectivity index (χ0) is 17.8. The first-order valence-corrected chi connectivity index (χ1v) is 8.24. The standard InChI is InChI=1S/C19H17ClN2O3/c1-12-15-4-2-3-5-16(15)25-17(12)19(24)22-11-10-21-18(23)13-6-8-14(20)9-7-13/h2-9H,10-11H2,1H3,(H,21,23)(H,22,24). The average molecular weight is 357 g/mol. The molecule has 1 aromatic heterocycles. The number of halogens is 1. The van der Waals surface area contributed by atoms with Crippen LogP contribution >= 0.6 is 11.6 Å². The number of carbonyl (C=O) groups is 2. The Labute approximate surface area is 150 Å². The lowest BCUT2D eigenvalue weighted by Gasteiger charge is -2.06. The fraction of sp³-hybridized carbons (Fsp3) is 0.158. The molecule has 0 unspecified atom stereocenters. The van der Waals surface area contributed by atoms with Gasteiger partial charge in [-0.25, -0.2) is 0 Å². The maximum Gasteiger partial charge on any atom is 0.287 e. The van der Waals surface area contributed by atoms with E-state index in [2.05, 4.69) is 10.6 Å². The molecule has 5 nitrogen and oxygen atoms in total. The summed E-state index contributed by atoms with van der Waals surface area (Å²) in [5.74, 6) is -0.217. The lowest BCUT2D eigenvalue weighted by atomic mass is 10.1. The van der Waals surface area contributed by atoms with Crippen LogP contribution in [0.25, 0.3) is 11.0 Å². The maximum absolute atomic E-state index is 12.3. The Morgan fingerprint density at radius 1 is 0.960 bits per heavy atom. The molecule has 2 N–H and O–H groups in total. The molecule has 0 saturated heterocycles. The Balaban J connectivity index is 1.53.